The van der Waals surface area contributed by atoms with Gasteiger partial charge in [-0.25, -0.2) is 0 Å². The summed E-state index contributed by atoms with van der Waals surface area (Å²) in [7, 11) is 0. The van der Waals surface area contributed by atoms with E-state index in [2.05, 4.69) is 5.32 Å². The largest absolute Gasteiger partial charge is 0.378 e. The van der Waals surface area contributed by atoms with Gasteiger partial charge >= 0.3 is 0 Å². The number of nitrogens with zero attached hydrogens (tertiary/aromatic N) is 1. The van der Waals surface area contributed by atoms with Crippen LogP contribution < -0.4 is 5.32 Å². The van der Waals surface area contributed by atoms with Crippen molar-refractivity contribution in [2.24, 2.45) is 0 Å². The van der Waals surface area contributed by atoms with E-state index in [1.165, 1.54) is 0 Å². The Hall–Kier alpha value is -1.43. The Balaban J connectivity index is 1.69. The molecular formula is C16H22N2O3. The number of carbonyl (C=O) groups is 1. The van der Waals surface area contributed by atoms with Crippen LogP contribution in [0.5, 0.6) is 0 Å². The quantitative estimate of drug-likeness (QED) is 0.881. The van der Waals surface area contributed by atoms with E-state index in [0.29, 0.717) is 26.3 Å². The van der Waals surface area contributed by atoms with Crippen LogP contribution in [0.25, 0.3) is 0 Å². The van der Waals surface area contributed by atoms with Gasteiger partial charge in [0.25, 0.3) is 0 Å². The van der Waals surface area contributed by atoms with Gasteiger partial charge < -0.3 is 19.7 Å². The number of carbonyl (C=O) groups excluding carboxylic acids is 1. The molecule has 0 radical (unpaired) electrons. The molecule has 2 saturated heterocycles. The Bertz CT molecular complexity index is 474. The number of hydrogen-bond acceptors (Lipinski definition) is 4. The van der Waals surface area contributed by atoms with Crippen molar-refractivity contribution in [1.82, 2.24) is 10.2 Å². The Kier molecular flexibility index (Phi) is 4.53. The fraction of sp³-hybridized carbons (Fsp3) is 0.562. The molecule has 2 aliphatic rings. The summed E-state index contributed by atoms with van der Waals surface area (Å²) in [5.74, 6) is 0.116. The van der Waals surface area contributed by atoms with E-state index < -0.39 is 0 Å². The van der Waals surface area contributed by atoms with Crippen molar-refractivity contribution in [2.75, 3.05) is 32.8 Å². The van der Waals surface area contributed by atoms with Crippen LogP contribution in [0.1, 0.15) is 18.6 Å². The van der Waals surface area contributed by atoms with Gasteiger partial charge in [0, 0.05) is 13.1 Å². The predicted molar refractivity (Wildman–Crippen MR) is 78.9 cm³/mol. The maximum Gasteiger partial charge on any atom is 0.242 e. The van der Waals surface area contributed by atoms with Crippen molar-refractivity contribution < 1.29 is 14.3 Å². The number of ether oxygens (including phenoxy) is 2. The molecule has 2 fully saturated rings. The van der Waals surface area contributed by atoms with Gasteiger partial charge in [0.1, 0.15) is 12.1 Å². The van der Waals surface area contributed by atoms with Crippen LogP contribution >= 0.6 is 0 Å². The van der Waals surface area contributed by atoms with Gasteiger partial charge in [-0.1, -0.05) is 30.3 Å². The van der Waals surface area contributed by atoms with E-state index in [1.54, 1.807) is 0 Å². The van der Waals surface area contributed by atoms with E-state index >= 15 is 0 Å². The van der Waals surface area contributed by atoms with E-state index in [4.69, 9.17) is 9.47 Å². The fourth-order valence-electron chi connectivity index (χ4n) is 2.93. The first-order valence-electron chi connectivity index (χ1n) is 7.54. The zero-order chi connectivity index (χ0) is 14.7. The molecule has 0 spiro atoms. The van der Waals surface area contributed by atoms with Crippen LogP contribution in [0.2, 0.25) is 0 Å². The molecule has 2 heterocycles. The summed E-state index contributed by atoms with van der Waals surface area (Å²) in [5, 5.41) is 3.23. The molecule has 1 amide bonds. The monoisotopic (exact) mass is 290 g/mol. The first kappa shape index (κ1) is 14.5. The van der Waals surface area contributed by atoms with Crippen molar-refractivity contribution in [1.29, 1.82) is 0 Å². The molecule has 21 heavy (non-hydrogen) atoms. The first-order valence-corrected chi connectivity index (χ1v) is 7.54. The maximum absolute atomic E-state index is 12.6. The lowest BCUT2D eigenvalue weighted by Crippen LogP contribution is -2.56. The summed E-state index contributed by atoms with van der Waals surface area (Å²) < 4.78 is 11.4. The minimum atomic E-state index is -0.222. The average molecular weight is 290 g/mol. The van der Waals surface area contributed by atoms with Gasteiger partial charge in [-0.3, -0.25) is 4.79 Å². The van der Waals surface area contributed by atoms with Crippen LogP contribution in [0.3, 0.4) is 0 Å². The fourth-order valence-corrected chi connectivity index (χ4v) is 2.93. The third-order valence-corrected chi connectivity index (χ3v) is 3.96. The summed E-state index contributed by atoms with van der Waals surface area (Å²) >= 11 is 0. The molecule has 1 aromatic rings. The highest BCUT2D eigenvalue weighted by Gasteiger charge is 2.33. The van der Waals surface area contributed by atoms with Crippen LogP contribution in [0, 0.1) is 0 Å². The van der Waals surface area contributed by atoms with Gasteiger partial charge in [-0.15, -0.1) is 0 Å². The van der Waals surface area contributed by atoms with Crippen molar-refractivity contribution >= 4 is 5.91 Å². The molecule has 114 valence electrons. The minimum Gasteiger partial charge on any atom is -0.378 e. The predicted octanol–water partition coefficient (Wildman–Crippen LogP) is 0.963. The second-order valence-corrected chi connectivity index (χ2v) is 5.67. The average Bonchev–Trinajstić information content (AvgIpc) is 2.55. The summed E-state index contributed by atoms with van der Waals surface area (Å²) in [5.41, 5.74) is 1.12. The van der Waals surface area contributed by atoms with Crippen molar-refractivity contribution in [3.8, 4) is 0 Å². The van der Waals surface area contributed by atoms with E-state index in [9.17, 15) is 4.79 Å². The Morgan fingerprint density at radius 2 is 2.10 bits per heavy atom. The van der Waals surface area contributed by atoms with Crippen LogP contribution in [-0.2, 0) is 14.3 Å². The lowest BCUT2D eigenvalue weighted by atomic mass is 10.1. The molecule has 3 rings (SSSR count). The number of amides is 1. The second kappa shape index (κ2) is 6.56. The Morgan fingerprint density at radius 1 is 1.29 bits per heavy atom. The molecule has 0 bridgehead atoms. The van der Waals surface area contributed by atoms with E-state index in [0.717, 1.165) is 12.1 Å². The van der Waals surface area contributed by atoms with Gasteiger partial charge in [-0.05, 0) is 12.5 Å². The van der Waals surface area contributed by atoms with Gasteiger partial charge in [0.15, 0.2) is 0 Å². The molecule has 1 aromatic carbocycles. The third kappa shape index (κ3) is 3.43. The second-order valence-electron chi connectivity index (χ2n) is 5.67. The SMILES string of the molecule is C[C@@H]1CN(C(=O)[C@H]2COCCN2)C[C@@H](c2ccccc2)O1. The highest BCUT2D eigenvalue weighted by molar-refractivity contribution is 5.82. The highest BCUT2D eigenvalue weighted by Crippen LogP contribution is 2.25. The molecular weight excluding hydrogens is 268 g/mol. The Labute approximate surface area is 125 Å². The molecule has 0 saturated carbocycles. The van der Waals surface area contributed by atoms with Crippen LogP contribution in [-0.4, -0.2) is 55.8 Å². The van der Waals surface area contributed by atoms with E-state index in [1.807, 2.05) is 42.2 Å². The molecule has 0 unspecified atom stereocenters. The topological polar surface area (TPSA) is 50.8 Å². The van der Waals surface area contributed by atoms with Crippen LogP contribution in [0.15, 0.2) is 30.3 Å². The van der Waals surface area contributed by atoms with E-state index in [-0.39, 0.29) is 24.2 Å². The summed E-state index contributed by atoms with van der Waals surface area (Å²) in [6.45, 7) is 5.13. The third-order valence-electron chi connectivity index (χ3n) is 3.96. The molecule has 5 nitrogen and oxygen atoms in total. The molecule has 2 aliphatic heterocycles. The summed E-state index contributed by atoms with van der Waals surface area (Å²) in [4.78, 5) is 14.5. The zero-order valence-corrected chi connectivity index (χ0v) is 12.3. The molecule has 5 heteroatoms. The molecule has 3 atom stereocenters. The van der Waals surface area contributed by atoms with Crippen molar-refractivity contribution in [2.45, 2.75) is 25.2 Å². The van der Waals surface area contributed by atoms with Gasteiger partial charge in [0.05, 0.1) is 25.9 Å². The normalized spacial score (nSPS) is 30.1. The lowest BCUT2D eigenvalue weighted by Gasteiger charge is -2.39. The zero-order valence-electron chi connectivity index (χ0n) is 12.3. The number of rotatable bonds is 2. The standard InChI is InChI=1S/C16H22N2O3/c1-12-9-18(16(19)14-11-20-8-7-17-14)10-15(21-12)13-5-3-2-4-6-13/h2-6,12,14-15,17H,7-11H2,1H3/t12-,14-,15+/m1/s1. The van der Waals surface area contributed by atoms with Crippen molar-refractivity contribution in [3.05, 3.63) is 35.9 Å². The van der Waals surface area contributed by atoms with Crippen molar-refractivity contribution in [3.63, 3.8) is 0 Å². The summed E-state index contributed by atoms with van der Waals surface area (Å²) in [6, 6.07) is 9.87. The number of nitrogens with one attached hydrogen (secondary N) is 1. The van der Waals surface area contributed by atoms with Gasteiger partial charge in [0.2, 0.25) is 5.91 Å². The summed E-state index contributed by atoms with van der Waals surface area (Å²) in [6.07, 6.45) is -0.0131. The van der Waals surface area contributed by atoms with Gasteiger partial charge in [-0.2, -0.15) is 0 Å². The minimum absolute atomic E-state index is 0.0393. The first-order chi connectivity index (χ1) is 10.2. The number of hydrogen-bond donors (Lipinski definition) is 1. The smallest absolute Gasteiger partial charge is 0.242 e. The Morgan fingerprint density at radius 3 is 2.81 bits per heavy atom. The highest BCUT2D eigenvalue weighted by atomic mass is 16.5. The van der Waals surface area contributed by atoms with Crippen LogP contribution in [0.4, 0.5) is 0 Å². The number of benzene rings is 1. The lowest BCUT2D eigenvalue weighted by molar-refractivity contribution is -0.149. The molecule has 1 N–H and O–H groups in total. The molecule has 0 aromatic heterocycles. The number of morpholine rings is 2. The molecule has 0 aliphatic carbocycles. The maximum atomic E-state index is 12.6.